The number of unbranched alkanes of at least 4 members (excludes halogenated alkanes) is 17. The Labute approximate surface area is 316 Å². The quantitative estimate of drug-likeness (QED) is 0.0295. The van der Waals surface area contributed by atoms with Crippen molar-refractivity contribution in [2.45, 2.75) is 204 Å². The number of hydrogen-bond acceptors (Lipinski definition) is 8. The van der Waals surface area contributed by atoms with Gasteiger partial charge in [-0.25, -0.2) is 0 Å². The molecule has 1 saturated heterocycles. The maximum atomic E-state index is 12.9. The first-order valence-electron chi connectivity index (χ1n) is 20.9. The summed E-state index contributed by atoms with van der Waals surface area (Å²) < 4.78 is 11.2. The van der Waals surface area contributed by atoms with E-state index in [0.717, 1.165) is 64.2 Å². The zero-order valence-corrected chi connectivity index (χ0v) is 32.8. The highest BCUT2D eigenvalue weighted by molar-refractivity contribution is 5.76. The lowest BCUT2D eigenvalue weighted by Crippen LogP contribution is -2.60. The van der Waals surface area contributed by atoms with Crippen LogP contribution in [0.1, 0.15) is 162 Å². The highest BCUT2D eigenvalue weighted by atomic mass is 16.7. The smallest absolute Gasteiger partial charge is 0.220 e. The predicted molar refractivity (Wildman–Crippen MR) is 212 cm³/mol. The van der Waals surface area contributed by atoms with Gasteiger partial charge in [0.05, 0.1) is 25.4 Å². The lowest BCUT2D eigenvalue weighted by atomic mass is 9.99. The van der Waals surface area contributed by atoms with E-state index in [9.17, 15) is 30.3 Å². The van der Waals surface area contributed by atoms with Crippen LogP contribution in [0.2, 0.25) is 0 Å². The first-order chi connectivity index (χ1) is 25.3. The van der Waals surface area contributed by atoms with Crippen LogP contribution < -0.4 is 5.32 Å². The molecule has 6 N–H and O–H groups in total. The molecule has 1 aliphatic rings. The molecule has 9 nitrogen and oxygen atoms in total. The summed E-state index contributed by atoms with van der Waals surface area (Å²) in [6.45, 7) is 3.69. The van der Waals surface area contributed by atoms with E-state index in [2.05, 4.69) is 55.6 Å². The Balaban J connectivity index is 2.45. The van der Waals surface area contributed by atoms with Crippen molar-refractivity contribution in [3.05, 3.63) is 48.6 Å². The summed E-state index contributed by atoms with van der Waals surface area (Å²) >= 11 is 0. The number of aliphatic hydroxyl groups excluding tert-OH is 5. The average Bonchev–Trinajstić information content (AvgIpc) is 3.14. The molecule has 0 saturated carbocycles. The van der Waals surface area contributed by atoms with E-state index in [1.165, 1.54) is 77.0 Å². The Morgan fingerprint density at radius 3 is 1.75 bits per heavy atom. The van der Waals surface area contributed by atoms with Crippen molar-refractivity contribution in [3.8, 4) is 0 Å². The van der Waals surface area contributed by atoms with Gasteiger partial charge in [-0.1, -0.05) is 140 Å². The maximum Gasteiger partial charge on any atom is 0.220 e. The van der Waals surface area contributed by atoms with Gasteiger partial charge in [-0.15, -0.1) is 0 Å². The van der Waals surface area contributed by atoms with Gasteiger partial charge < -0.3 is 40.3 Å². The Kier molecular flexibility index (Phi) is 31.2. The summed E-state index contributed by atoms with van der Waals surface area (Å²) in [5.41, 5.74) is 0. The minimum absolute atomic E-state index is 0.204. The summed E-state index contributed by atoms with van der Waals surface area (Å²) in [5.74, 6) is -0.204. The van der Waals surface area contributed by atoms with Gasteiger partial charge in [-0.05, 0) is 64.2 Å². The molecule has 1 amide bonds. The van der Waals surface area contributed by atoms with Crippen LogP contribution in [-0.2, 0) is 14.3 Å². The molecule has 1 aliphatic heterocycles. The van der Waals surface area contributed by atoms with Crippen LogP contribution in [0.4, 0.5) is 0 Å². The first kappa shape index (κ1) is 48.2. The molecule has 1 heterocycles. The molecule has 0 aromatic rings. The number of carbonyl (C=O) groups is 1. The van der Waals surface area contributed by atoms with Gasteiger partial charge in [-0.3, -0.25) is 4.79 Å². The number of hydrogen-bond donors (Lipinski definition) is 6. The van der Waals surface area contributed by atoms with Gasteiger partial charge in [0.1, 0.15) is 24.4 Å². The van der Waals surface area contributed by atoms with Crippen molar-refractivity contribution in [1.82, 2.24) is 5.32 Å². The van der Waals surface area contributed by atoms with Gasteiger partial charge >= 0.3 is 0 Å². The topological polar surface area (TPSA) is 149 Å². The summed E-state index contributed by atoms with van der Waals surface area (Å²) in [6.07, 6.45) is 34.3. The largest absolute Gasteiger partial charge is 0.394 e. The fraction of sp³-hybridized carbons (Fsp3) is 0.791. The van der Waals surface area contributed by atoms with Gasteiger partial charge in [0.15, 0.2) is 6.29 Å². The van der Waals surface area contributed by atoms with Crippen LogP contribution in [-0.4, -0.2) is 87.5 Å². The molecule has 7 atom stereocenters. The summed E-state index contributed by atoms with van der Waals surface area (Å²) in [5, 5.41) is 54.0. The van der Waals surface area contributed by atoms with E-state index in [-0.39, 0.29) is 12.5 Å². The van der Waals surface area contributed by atoms with Gasteiger partial charge in [0, 0.05) is 6.42 Å². The molecular formula is C43H77NO8. The number of amides is 1. The van der Waals surface area contributed by atoms with E-state index >= 15 is 0 Å². The van der Waals surface area contributed by atoms with E-state index in [1.54, 1.807) is 6.08 Å². The fourth-order valence-corrected chi connectivity index (χ4v) is 6.20. The van der Waals surface area contributed by atoms with Crippen molar-refractivity contribution in [1.29, 1.82) is 0 Å². The molecule has 0 aromatic heterocycles. The van der Waals surface area contributed by atoms with Crippen molar-refractivity contribution in [3.63, 3.8) is 0 Å². The van der Waals surface area contributed by atoms with Crippen molar-refractivity contribution < 1.29 is 39.8 Å². The molecule has 7 unspecified atom stereocenters. The number of aliphatic hydroxyl groups is 5. The second-order valence-corrected chi connectivity index (χ2v) is 14.4. The first-order valence-corrected chi connectivity index (χ1v) is 20.9. The van der Waals surface area contributed by atoms with Crippen LogP contribution in [0.25, 0.3) is 0 Å². The second-order valence-electron chi connectivity index (χ2n) is 14.4. The highest BCUT2D eigenvalue weighted by Gasteiger charge is 2.44. The Morgan fingerprint density at radius 1 is 0.654 bits per heavy atom. The molecule has 52 heavy (non-hydrogen) atoms. The third-order valence-electron chi connectivity index (χ3n) is 9.63. The van der Waals surface area contributed by atoms with E-state index in [4.69, 9.17) is 9.47 Å². The van der Waals surface area contributed by atoms with Crippen LogP contribution in [0, 0.1) is 0 Å². The van der Waals surface area contributed by atoms with Crippen molar-refractivity contribution >= 4 is 5.91 Å². The van der Waals surface area contributed by atoms with Crippen LogP contribution in [0.3, 0.4) is 0 Å². The van der Waals surface area contributed by atoms with Crippen LogP contribution >= 0.6 is 0 Å². The SMILES string of the molecule is CCCCCC/C=C\C/C=C\CCCCCCCC(=O)NC(COC1OC(CO)C(O)C(O)C1O)C(O)/C=C/CC/C=C/CCCCCCCCC. The van der Waals surface area contributed by atoms with Gasteiger partial charge in [0.2, 0.25) is 5.91 Å². The number of carbonyl (C=O) groups excluding carboxylic acids is 1. The minimum atomic E-state index is -1.57. The molecule has 302 valence electrons. The zero-order chi connectivity index (χ0) is 38.1. The predicted octanol–water partition coefficient (Wildman–Crippen LogP) is 7.89. The molecule has 1 rings (SSSR count). The fourth-order valence-electron chi connectivity index (χ4n) is 6.20. The molecule has 0 spiro atoms. The third-order valence-corrected chi connectivity index (χ3v) is 9.63. The molecule has 0 radical (unpaired) electrons. The monoisotopic (exact) mass is 736 g/mol. The lowest BCUT2D eigenvalue weighted by molar-refractivity contribution is -0.302. The highest BCUT2D eigenvalue weighted by Crippen LogP contribution is 2.22. The van der Waals surface area contributed by atoms with E-state index in [1.807, 2.05) is 6.08 Å². The van der Waals surface area contributed by atoms with E-state index in [0.29, 0.717) is 6.42 Å². The van der Waals surface area contributed by atoms with Gasteiger partial charge in [-0.2, -0.15) is 0 Å². The Bertz CT molecular complexity index is 951. The van der Waals surface area contributed by atoms with Crippen LogP contribution in [0.5, 0.6) is 0 Å². The molecule has 0 aromatic carbocycles. The third kappa shape index (κ3) is 24.5. The summed E-state index contributed by atoms with van der Waals surface area (Å²) in [7, 11) is 0. The number of allylic oxidation sites excluding steroid dienone is 7. The minimum Gasteiger partial charge on any atom is -0.394 e. The van der Waals surface area contributed by atoms with Gasteiger partial charge in [0.25, 0.3) is 0 Å². The standard InChI is InChI=1S/C43H77NO8/c1-3-5-7-9-11-13-15-17-18-19-21-23-25-27-29-31-33-39(47)44-36(35-51-43-42(50)41(49)40(48)38(34-45)52-43)37(46)32-30-28-26-24-22-20-16-14-12-10-8-6-4-2/h13,15,18-19,22,24,30,32,36-38,40-43,45-46,48-50H,3-12,14,16-17,20-21,23,25-29,31,33-35H2,1-2H3,(H,44,47)/b15-13-,19-18-,24-22+,32-30+. The molecular weight excluding hydrogens is 658 g/mol. The second kappa shape index (κ2) is 33.7. The average molecular weight is 736 g/mol. The molecule has 0 aliphatic carbocycles. The Morgan fingerprint density at radius 2 is 1.15 bits per heavy atom. The summed E-state index contributed by atoms with van der Waals surface area (Å²) in [6, 6.07) is -0.827. The molecule has 9 heteroatoms. The Hall–Kier alpha value is -1.85. The molecule has 1 fully saturated rings. The number of rotatable bonds is 33. The van der Waals surface area contributed by atoms with Crippen molar-refractivity contribution in [2.24, 2.45) is 0 Å². The zero-order valence-electron chi connectivity index (χ0n) is 32.8. The summed E-state index contributed by atoms with van der Waals surface area (Å²) in [4.78, 5) is 12.9. The van der Waals surface area contributed by atoms with Crippen LogP contribution in [0.15, 0.2) is 48.6 Å². The van der Waals surface area contributed by atoms with Crippen molar-refractivity contribution in [2.75, 3.05) is 13.2 Å². The number of nitrogens with one attached hydrogen (secondary N) is 1. The number of ether oxygens (including phenoxy) is 2. The maximum absolute atomic E-state index is 12.9. The normalized spacial score (nSPS) is 22.3. The molecule has 0 bridgehead atoms. The van der Waals surface area contributed by atoms with E-state index < -0.39 is 49.5 Å². The lowest BCUT2D eigenvalue weighted by Gasteiger charge is -2.40.